The van der Waals surface area contributed by atoms with E-state index in [1.54, 1.807) is 30.0 Å². The van der Waals surface area contributed by atoms with Gasteiger partial charge in [-0.25, -0.2) is 8.42 Å². The number of hydrogen-bond donors (Lipinski definition) is 0. The van der Waals surface area contributed by atoms with Gasteiger partial charge in [0.2, 0.25) is 10.0 Å². The summed E-state index contributed by atoms with van der Waals surface area (Å²) in [4.78, 5) is 15.1. The van der Waals surface area contributed by atoms with Crippen LogP contribution >= 0.6 is 0 Å². The van der Waals surface area contributed by atoms with E-state index in [-0.39, 0.29) is 11.9 Å². The Balaban J connectivity index is 1.70. The van der Waals surface area contributed by atoms with Crippen LogP contribution in [0.25, 0.3) is 0 Å². The summed E-state index contributed by atoms with van der Waals surface area (Å²) < 4.78 is 37.6. The van der Waals surface area contributed by atoms with Crippen LogP contribution in [0, 0.1) is 0 Å². The second-order valence-corrected chi connectivity index (χ2v) is 9.31. The highest BCUT2D eigenvalue weighted by Gasteiger charge is 2.38. The van der Waals surface area contributed by atoms with E-state index < -0.39 is 16.1 Å². The third-order valence-electron chi connectivity index (χ3n) is 5.29. The molecule has 0 aromatic heterocycles. The van der Waals surface area contributed by atoms with Gasteiger partial charge in [0, 0.05) is 17.8 Å². The molecule has 154 valence electrons. The zero-order valence-corrected chi connectivity index (χ0v) is 17.5. The van der Waals surface area contributed by atoms with Crippen molar-refractivity contribution in [1.29, 1.82) is 0 Å². The third kappa shape index (κ3) is 3.53. The molecular formula is C21H24N2O5S. The van der Waals surface area contributed by atoms with Gasteiger partial charge >= 0.3 is 0 Å². The van der Waals surface area contributed by atoms with Crippen LogP contribution in [0.2, 0.25) is 0 Å². The topological polar surface area (TPSA) is 76.2 Å². The largest absolute Gasteiger partial charge is 0.486 e. The van der Waals surface area contributed by atoms with Crippen molar-refractivity contribution in [2.75, 3.05) is 28.7 Å². The summed E-state index contributed by atoms with van der Waals surface area (Å²) in [5.74, 6) is 0.777. The number of fused-ring (bicyclic) bond motifs is 2. The van der Waals surface area contributed by atoms with Crippen LogP contribution in [0.4, 0.5) is 11.4 Å². The molecule has 29 heavy (non-hydrogen) atoms. The van der Waals surface area contributed by atoms with Crippen molar-refractivity contribution in [2.45, 2.75) is 32.4 Å². The fourth-order valence-corrected chi connectivity index (χ4v) is 5.24. The van der Waals surface area contributed by atoms with Crippen LogP contribution in [-0.2, 0) is 21.2 Å². The Kier molecular flexibility index (Phi) is 4.90. The Bertz CT molecular complexity index is 1050. The highest BCUT2D eigenvalue weighted by atomic mass is 32.2. The summed E-state index contributed by atoms with van der Waals surface area (Å²) in [6.45, 7) is 4.43. The van der Waals surface area contributed by atoms with Gasteiger partial charge in [-0.15, -0.1) is 0 Å². The van der Waals surface area contributed by atoms with Crippen molar-refractivity contribution in [2.24, 2.45) is 0 Å². The highest BCUT2D eigenvalue weighted by Crippen LogP contribution is 2.37. The van der Waals surface area contributed by atoms with Gasteiger partial charge in [-0.1, -0.05) is 18.2 Å². The fourth-order valence-electron chi connectivity index (χ4n) is 4.07. The number of rotatable bonds is 4. The molecule has 2 heterocycles. The zero-order chi connectivity index (χ0) is 20.8. The van der Waals surface area contributed by atoms with E-state index >= 15 is 0 Å². The van der Waals surface area contributed by atoms with Crippen molar-refractivity contribution in [3.05, 3.63) is 48.0 Å². The maximum absolute atomic E-state index is 13.4. The molecule has 2 aromatic rings. The van der Waals surface area contributed by atoms with Crippen LogP contribution in [0.1, 0.15) is 19.4 Å². The van der Waals surface area contributed by atoms with Crippen LogP contribution in [0.3, 0.4) is 0 Å². The number of carbonyl (C=O) groups excluding carboxylic acids is 1. The molecule has 1 amide bonds. The molecule has 0 fully saturated rings. The number of amides is 1. The minimum atomic E-state index is -3.72. The molecule has 0 radical (unpaired) electrons. The lowest BCUT2D eigenvalue weighted by Crippen LogP contribution is -2.51. The van der Waals surface area contributed by atoms with Crippen molar-refractivity contribution in [1.82, 2.24) is 0 Å². The summed E-state index contributed by atoms with van der Waals surface area (Å²) in [6.07, 6.45) is 1.85. The zero-order valence-electron chi connectivity index (χ0n) is 16.7. The first kappa shape index (κ1) is 19.6. The number of sulfonamides is 1. The average molecular weight is 416 g/mol. The van der Waals surface area contributed by atoms with E-state index in [2.05, 4.69) is 0 Å². The number of anilines is 2. The van der Waals surface area contributed by atoms with Crippen molar-refractivity contribution >= 4 is 27.3 Å². The smallest absolute Gasteiger partial charge is 0.250 e. The molecule has 0 unspecified atom stereocenters. The first-order valence-corrected chi connectivity index (χ1v) is 11.4. The summed E-state index contributed by atoms with van der Waals surface area (Å²) >= 11 is 0. The SMILES string of the molecule is C[C@@H]1Cc2ccccc2N1C(=O)[C@H](C)N(c1ccc2c(c1)OCCO2)S(C)(=O)=O. The van der Waals surface area contributed by atoms with Crippen LogP contribution in [0.5, 0.6) is 11.5 Å². The molecule has 2 atom stereocenters. The van der Waals surface area contributed by atoms with Crippen LogP contribution in [0.15, 0.2) is 42.5 Å². The Morgan fingerprint density at radius 3 is 2.55 bits per heavy atom. The minimum Gasteiger partial charge on any atom is -0.486 e. The second kappa shape index (κ2) is 7.26. The second-order valence-electron chi connectivity index (χ2n) is 7.45. The van der Waals surface area contributed by atoms with Crippen LogP contribution in [-0.4, -0.2) is 45.9 Å². The molecular weight excluding hydrogens is 392 g/mol. The van der Waals surface area contributed by atoms with E-state index in [4.69, 9.17) is 9.47 Å². The number of para-hydroxylation sites is 1. The molecule has 0 aliphatic carbocycles. The van der Waals surface area contributed by atoms with Gasteiger partial charge in [-0.2, -0.15) is 0 Å². The standard InChI is InChI=1S/C21H24N2O5S/c1-14-12-16-6-4-5-7-18(16)22(14)21(24)15(2)23(29(3,25)26)17-8-9-19-20(13-17)28-11-10-27-19/h4-9,13-15H,10-12H2,1-3H3/t14-,15+/m1/s1. The van der Waals surface area contributed by atoms with Gasteiger partial charge in [0.1, 0.15) is 19.3 Å². The molecule has 0 N–H and O–H groups in total. The Hall–Kier alpha value is -2.74. The van der Waals surface area contributed by atoms with Gasteiger partial charge in [0.05, 0.1) is 11.9 Å². The van der Waals surface area contributed by atoms with Crippen LogP contribution < -0.4 is 18.7 Å². The normalized spacial score (nSPS) is 18.9. The molecule has 0 saturated heterocycles. The van der Waals surface area contributed by atoms with Gasteiger partial charge in [-0.3, -0.25) is 9.10 Å². The Labute approximate surface area is 170 Å². The highest BCUT2D eigenvalue weighted by molar-refractivity contribution is 7.92. The van der Waals surface area contributed by atoms with E-state index in [1.165, 1.54) is 0 Å². The Morgan fingerprint density at radius 1 is 1.14 bits per heavy atom. The molecule has 4 rings (SSSR count). The predicted octanol–water partition coefficient (Wildman–Crippen LogP) is 2.59. The fraction of sp³-hybridized carbons (Fsp3) is 0.381. The lowest BCUT2D eigenvalue weighted by atomic mass is 10.1. The minimum absolute atomic E-state index is 0.0379. The summed E-state index contributed by atoms with van der Waals surface area (Å²) in [6, 6.07) is 11.7. The van der Waals surface area contributed by atoms with E-state index in [1.807, 2.05) is 31.2 Å². The third-order valence-corrected chi connectivity index (χ3v) is 6.53. The number of carbonyl (C=O) groups is 1. The first-order chi connectivity index (χ1) is 13.8. The molecule has 2 aromatic carbocycles. The van der Waals surface area contributed by atoms with Crippen molar-refractivity contribution < 1.29 is 22.7 Å². The summed E-state index contributed by atoms with van der Waals surface area (Å²) in [7, 11) is -3.72. The predicted molar refractivity (Wildman–Crippen MR) is 111 cm³/mol. The number of benzene rings is 2. The molecule has 2 aliphatic rings. The van der Waals surface area contributed by atoms with E-state index in [0.717, 1.165) is 28.2 Å². The lowest BCUT2D eigenvalue weighted by Gasteiger charge is -2.33. The molecule has 2 aliphatic heterocycles. The lowest BCUT2D eigenvalue weighted by molar-refractivity contribution is -0.119. The summed E-state index contributed by atoms with van der Waals surface area (Å²) in [5.41, 5.74) is 2.30. The van der Waals surface area contributed by atoms with E-state index in [0.29, 0.717) is 30.4 Å². The maximum Gasteiger partial charge on any atom is 0.250 e. The monoisotopic (exact) mass is 416 g/mol. The molecule has 0 bridgehead atoms. The average Bonchev–Trinajstić information content (AvgIpc) is 3.02. The van der Waals surface area contributed by atoms with Gasteiger partial charge < -0.3 is 14.4 Å². The molecule has 0 saturated carbocycles. The molecule has 8 heteroatoms. The van der Waals surface area contributed by atoms with Gasteiger partial charge in [-0.05, 0) is 44.0 Å². The quantitative estimate of drug-likeness (QED) is 0.766. The number of ether oxygens (including phenoxy) is 2. The number of nitrogens with zero attached hydrogens (tertiary/aromatic N) is 2. The first-order valence-electron chi connectivity index (χ1n) is 9.57. The number of hydrogen-bond acceptors (Lipinski definition) is 5. The van der Waals surface area contributed by atoms with Gasteiger partial charge in [0.15, 0.2) is 11.5 Å². The van der Waals surface area contributed by atoms with Gasteiger partial charge in [0.25, 0.3) is 5.91 Å². The Morgan fingerprint density at radius 2 is 1.83 bits per heavy atom. The molecule has 7 nitrogen and oxygen atoms in total. The molecule has 0 spiro atoms. The van der Waals surface area contributed by atoms with Crippen molar-refractivity contribution in [3.63, 3.8) is 0 Å². The van der Waals surface area contributed by atoms with Crippen molar-refractivity contribution in [3.8, 4) is 11.5 Å². The van der Waals surface area contributed by atoms with E-state index in [9.17, 15) is 13.2 Å². The summed E-state index contributed by atoms with van der Waals surface area (Å²) in [5, 5.41) is 0. The maximum atomic E-state index is 13.4.